The van der Waals surface area contributed by atoms with E-state index in [9.17, 15) is 4.79 Å². The Morgan fingerprint density at radius 1 is 0.955 bits per heavy atom. The van der Waals surface area contributed by atoms with Crippen LogP contribution in [0.1, 0.15) is 30.9 Å². The molecule has 2 aromatic rings. The second-order valence-corrected chi connectivity index (χ2v) is 6.05. The van der Waals surface area contributed by atoms with Crippen LogP contribution in [0.25, 0.3) is 0 Å². The number of carbonyl (C=O) groups excluding carboxylic acids is 1. The summed E-state index contributed by atoms with van der Waals surface area (Å²) in [6, 6.07) is 20.3. The van der Waals surface area contributed by atoms with Crippen LogP contribution in [-0.4, -0.2) is 11.9 Å². The number of fused-ring (bicyclic) bond motifs is 1. The average molecular weight is 293 g/mol. The summed E-state index contributed by atoms with van der Waals surface area (Å²) in [5.41, 5.74) is 2.16. The summed E-state index contributed by atoms with van der Waals surface area (Å²) < 4.78 is 0. The Kier molecular flexibility index (Phi) is 3.43. The Bertz CT molecular complexity index is 656. The minimum atomic E-state index is -0.0589. The minimum Gasteiger partial charge on any atom is -0.299 e. The lowest BCUT2D eigenvalue weighted by Gasteiger charge is -2.27. The van der Waals surface area contributed by atoms with Crippen molar-refractivity contribution in [2.24, 2.45) is 5.92 Å². The molecule has 0 radical (unpaired) electrons. The topological polar surface area (TPSA) is 29.5 Å². The van der Waals surface area contributed by atoms with E-state index in [-0.39, 0.29) is 18.1 Å². The summed E-state index contributed by atoms with van der Waals surface area (Å²) >= 11 is 0. The predicted molar refractivity (Wildman–Crippen MR) is 85.3 cm³/mol. The van der Waals surface area contributed by atoms with Gasteiger partial charge in [0.15, 0.2) is 0 Å². The van der Waals surface area contributed by atoms with Gasteiger partial charge in [-0.2, -0.15) is 0 Å². The van der Waals surface area contributed by atoms with Crippen molar-refractivity contribution in [3.8, 4) is 0 Å². The van der Waals surface area contributed by atoms with Crippen molar-refractivity contribution >= 4 is 11.5 Å². The smallest absolute Gasteiger partial charge is 0.141 e. The second-order valence-electron chi connectivity index (χ2n) is 6.05. The number of nitrogens with zero attached hydrogens (tertiary/aromatic N) is 1. The largest absolute Gasteiger partial charge is 0.299 e. The van der Waals surface area contributed by atoms with Crippen LogP contribution >= 0.6 is 0 Å². The third-order valence-corrected chi connectivity index (χ3v) is 4.68. The molecule has 0 amide bonds. The number of hydroxylamine groups is 1. The van der Waals surface area contributed by atoms with E-state index in [4.69, 9.17) is 4.84 Å². The zero-order valence-corrected chi connectivity index (χ0v) is 12.4. The van der Waals surface area contributed by atoms with E-state index in [2.05, 4.69) is 12.1 Å². The zero-order chi connectivity index (χ0) is 14.9. The Morgan fingerprint density at radius 3 is 2.36 bits per heavy atom. The number of carbonyl (C=O) groups is 1. The van der Waals surface area contributed by atoms with Crippen molar-refractivity contribution in [1.29, 1.82) is 0 Å². The molecule has 0 unspecified atom stereocenters. The molecule has 2 fully saturated rings. The summed E-state index contributed by atoms with van der Waals surface area (Å²) in [7, 11) is 0. The lowest BCUT2D eigenvalue weighted by atomic mass is 9.79. The van der Waals surface area contributed by atoms with Gasteiger partial charge in [-0.15, -0.1) is 0 Å². The molecule has 0 spiro atoms. The van der Waals surface area contributed by atoms with Crippen LogP contribution in [0.2, 0.25) is 0 Å². The number of hydrogen-bond acceptors (Lipinski definition) is 3. The molecule has 112 valence electrons. The van der Waals surface area contributed by atoms with Crippen LogP contribution in [0, 0.1) is 5.92 Å². The number of hydrogen-bond donors (Lipinski definition) is 0. The lowest BCUT2D eigenvalue weighted by molar-refractivity contribution is -0.127. The zero-order valence-electron chi connectivity index (χ0n) is 12.4. The van der Waals surface area contributed by atoms with Crippen LogP contribution in [0.5, 0.6) is 0 Å². The molecule has 3 atom stereocenters. The molecule has 0 aromatic heterocycles. The van der Waals surface area contributed by atoms with Gasteiger partial charge >= 0.3 is 0 Å². The number of Topliss-reactive ketones (excluding diaryl/α,β-unsaturated/α-hetero) is 1. The summed E-state index contributed by atoms with van der Waals surface area (Å²) in [5, 5.41) is 1.95. The summed E-state index contributed by atoms with van der Waals surface area (Å²) in [4.78, 5) is 18.7. The first kappa shape index (κ1) is 13.5. The number of para-hydroxylation sites is 1. The van der Waals surface area contributed by atoms with Crippen LogP contribution in [0.3, 0.4) is 0 Å². The summed E-state index contributed by atoms with van der Waals surface area (Å²) in [6.45, 7) is 0. The minimum absolute atomic E-state index is 0.00617. The highest BCUT2D eigenvalue weighted by Crippen LogP contribution is 2.46. The molecule has 2 aliphatic rings. The average Bonchev–Trinajstić information content (AvgIpc) is 2.97. The summed E-state index contributed by atoms with van der Waals surface area (Å²) in [5.74, 6) is 0.278. The van der Waals surface area contributed by atoms with Gasteiger partial charge in [0, 0.05) is 6.42 Å². The Labute approximate surface area is 130 Å². The first-order valence-electron chi connectivity index (χ1n) is 7.93. The number of benzene rings is 2. The van der Waals surface area contributed by atoms with Crippen LogP contribution in [-0.2, 0) is 9.63 Å². The van der Waals surface area contributed by atoms with Gasteiger partial charge in [-0.05, 0) is 30.5 Å². The molecular formula is C19H19NO2. The molecule has 3 nitrogen and oxygen atoms in total. The van der Waals surface area contributed by atoms with Gasteiger partial charge in [0.05, 0.1) is 23.8 Å². The predicted octanol–water partition coefficient (Wildman–Crippen LogP) is 3.92. The van der Waals surface area contributed by atoms with Crippen molar-refractivity contribution in [2.45, 2.75) is 31.4 Å². The number of anilines is 1. The van der Waals surface area contributed by atoms with E-state index < -0.39 is 0 Å². The van der Waals surface area contributed by atoms with Gasteiger partial charge in [-0.3, -0.25) is 9.63 Å². The van der Waals surface area contributed by atoms with Gasteiger partial charge in [0.25, 0.3) is 0 Å². The molecule has 0 N–H and O–H groups in total. The molecule has 0 bridgehead atoms. The fourth-order valence-electron chi connectivity index (χ4n) is 3.68. The monoisotopic (exact) mass is 293 g/mol. The molecule has 1 aliphatic carbocycles. The maximum Gasteiger partial charge on any atom is 0.141 e. The van der Waals surface area contributed by atoms with Crippen molar-refractivity contribution in [3.63, 3.8) is 0 Å². The van der Waals surface area contributed by atoms with Gasteiger partial charge < -0.3 is 0 Å². The third kappa shape index (κ3) is 2.22. The van der Waals surface area contributed by atoms with Crippen LogP contribution in [0.15, 0.2) is 60.7 Å². The van der Waals surface area contributed by atoms with Gasteiger partial charge in [0.1, 0.15) is 5.78 Å². The van der Waals surface area contributed by atoms with E-state index in [0.29, 0.717) is 12.2 Å². The maximum absolute atomic E-state index is 12.5. The van der Waals surface area contributed by atoms with E-state index in [1.807, 2.05) is 53.6 Å². The molecule has 4 rings (SSSR count). The lowest BCUT2D eigenvalue weighted by Crippen LogP contribution is -2.32. The fraction of sp³-hybridized carbons (Fsp3) is 0.316. The van der Waals surface area contributed by atoms with Crippen LogP contribution in [0.4, 0.5) is 5.69 Å². The highest BCUT2D eigenvalue weighted by Gasteiger charge is 2.49. The molecule has 1 heterocycles. The van der Waals surface area contributed by atoms with E-state index >= 15 is 0 Å². The highest BCUT2D eigenvalue weighted by atomic mass is 16.7. The Balaban J connectivity index is 1.78. The van der Waals surface area contributed by atoms with Crippen molar-refractivity contribution in [2.75, 3.05) is 5.06 Å². The van der Waals surface area contributed by atoms with Gasteiger partial charge in [-0.1, -0.05) is 48.5 Å². The molecule has 1 aliphatic heterocycles. The Hall–Kier alpha value is -2.13. The molecular weight excluding hydrogens is 274 g/mol. The number of ketones is 1. The van der Waals surface area contributed by atoms with Gasteiger partial charge in [0.2, 0.25) is 0 Å². The standard InChI is InChI=1S/C19H19NO2/c21-16-12-7-13-17-18(16)19(14-8-3-1-4-9-14)20(22-17)15-10-5-2-6-11-15/h1-6,8-11,17-19H,7,12-13H2/t17-,18+,19+/m1/s1. The molecule has 3 heteroatoms. The van der Waals surface area contributed by atoms with Crippen molar-refractivity contribution in [3.05, 3.63) is 66.2 Å². The quantitative estimate of drug-likeness (QED) is 0.840. The second kappa shape index (κ2) is 5.58. The van der Waals surface area contributed by atoms with Crippen molar-refractivity contribution < 1.29 is 9.63 Å². The third-order valence-electron chi connectivity index (χ3n) is 4.68. The van der Waals surface area contributed by atoms with Gasteiger partial charge in [-0.25, -0.2) is 5.06 Å². The van der Waals surface area contributed by atoms with E-state index in [0.717, 1.165) is 24.1 Å². The molecule has 2 aromatic carbocycles. The SMILES string of the molecule is O=C1CCC[C@H]2ON(c3ccccc3)[C@@H](c3ccccc3)[C@@H]12. The molecule has 1 saturated carbocycles. The van der Waals surface area contributed by atoms with Crippen LogP contribution < -0.4 is 5.06 Å². The maximum atomic E-state index is 12.5. The molecule has 1 saturated heterocycles. The first-order valence-corrected chi connectivity index (χ1v) is 7.93. The van der Waals surface area contributed by atoms with E-state index in [1.54, 1.807) is 0 Å². The molecule has 22 heavy (non-hydrogen) atoms. The highest BCUT2D eigenvalue weighted by molar-refractivity contribution is 5.84. The summed E-state index contributed by atoms with van der Waals surface area (Å²) in [6.07, 6.45) is 2.58. The first-order chi connectivity index (χ1) is 10.8. The normalized spacial score (nSPS) is 27.7. The van der Waals surface area contributed by atoms with E-state index in [1.165, 1.54) is 0 Å². The Morgan fingerprint density at radius 2 is 1.64 bits per heavy atom. The fourth-order valence-corrected chi connectivity index (χ4v) is 3.68. The number of rotatable bonds is 2. The van der Waals surface area contributed by atoms with Crippen molar-refractivity contribution in [1.82, 2.24) is 0 Å².